The van der Waals surface area contributed by atoms with E-state index in [1.54, 1.807) is 6.07 Å². The first kappa shape index (κ1) is 25.6. The molecule has 5 nitrogen and oxygen atoms in total. The Morgan fingerprint density at radius 1 is 1.03 bits per heavy atom. The molecule has 2 heterocycles. The SMILES string of the molecule is CC(C)(C)[S@+]([O-])N[C@@H](Cc1ccc(F)c([Si](C)(C)C)n1)c1ccccc1-c1noc2ccccc12. The smallest absolute Gasteiger partial charge is 0.167 e. The maximum Gasteiger partial charge on any atom is 0.167 e. The van der Waals surface area contributed by atoms with Gasteiger partial charge in [0.1, 0.15) is 24.3 Å². The van der Waals surface area contributed by atoms with Gasteiger partial charge in [-0.1, -0.05) is 61.2 Å². The Bertz CT molecular complexity index is 1330. The Labute approximate surface area is 210 Å². The molecule has 0 fully saturated rings. The van der Waals surface area contributed by atoms with Crippen LogP contribution in [0.4, 0.5) is 4.39 Å². The van der Waals surface area contributed by atoms with Crippen LogP contribution in [0.25, 0.3) is 22.2 Å². The number of para-hydroxylation sites is 1. The lowest BCUT2D eigenvalue weighted by Gasteiger charge is -2.29. The van der Waals surface area contributed by atoms with E-state index in [2.05, 4.69) is 29.5 Å². The van der Waals surface area contributed by atoms with Crippen molar-refractivity contribution in [3.8, 4) is 11.3 Å². The molecule has 0 radical (unpaired) electrons. The Morgan fingerprint density at radius 3 is 2.43 bits per heavy atom. The summed E-state index contributed by atoms with van der Waals surface area (Å²) in [6.07, 6.45) is 0.451. The van der Waals surface area contributed by atoms with Crippen molar-refractivity contribution in [1.29, 1.82) is 0 Å². The zero-order chi connectivity index (χ0) is 25.4. The maximum absolute atomic E-state index is 14.6. The van der Waals surface area contributed by atoms with Gasteiger partial charge in [0.2, 0.25) is 0 Å². The van der Waals surface area contributed by atoms with Crippen molar-refractivity contribution >= 4 is 35.7 Å². The van der Waals surface area contributed by atoms with Gasteiger partial charge in [-0.25, -0.2) is 4.39 Å². The summed E-state index contributed by atoms with van der Waals surface area (Å²) in [5, 5.41) is 5.83. The molecule has 1 N–H and O–H groups in total. The third-order valence-electron chi connectivity index (χ3n) is 5.80. The first-order valence-corrected chi connectivity index (χ1v) is 16.4. The first-order chi connectivity index (χ1) is 16.4. The molecule has 0 saturated heterocycles. The number of rotatable bonds is 7. The van der Waals surface area contributed by atoms with Crippen LogP contribution in [0.15, 0.2) is 65.2 Å². The molecule has 35 heavy (non-hydrogen) atoms. The quantitative estimate of drug-likeness (QED) is 0.248. The molecule has 0 bridgehead atoms. The van der Waals surface area contributed by atoms with Crippen LogP contribution in [-0.2, 0) is 17.8 Å². The predicted octanol–water partition coefficient (Wildman–Crippen LogP) is 5.91. The van der Waals surface area contributed by atoms with E-state index in [9.17, 15) is 8.94 Å². The van der Waals surface area contributed by atoms with Gasteiger partial charge >= 0.3 is 0 Å². The number of nitrogens with zero attached hydrogens (tertiary/aromatic N) is 2. The van der Waals surface area contributed by atoms with Crippen LogP contribution >= 0.6 is 0 Å². The number of benzene rings is 2. The molecule has 0 aliphatic rings. The lowest BCUT2D eigenvalue weighted by Crippen LogP contribution is -2.44. The number of hydrogen-bond acceptors (Lipinski definition) is 5. The van der Waals surface area contributed by atoms with Gasteiger partial charge in [-0.05, 0) is 50.6 Å². The summed E-state index contributed by atoms with van der Waals surface area (Å²) < 4.78 is 36.3. The highest BCUT2D eigenvalue weighted by Crippen LogP contribution is 2.35. The highest BCUT2D eigenvalue weighted by molar-refractivity contribution is 7.90. The van der Waals surface area contributed by atoms with Gasteiger partial charge in [0.05, 0.1) is 11.4 Å². The molecule has 0 spiro atoms. The lowest BCUT2D eigenvalue weighted by molar-refractivity contribution is 0.459. The summed E-state index contributed by atoms with van der Waals surface area (Å²) in [5.74, 6) is -0.259. The fourth-order valence-corrected chi connectivity index (χ4v) is 6.05. The van der Waals surface area contributed by atoms with Crippen LogP contribution in [0, 0.1) is 5.82 Å². The molecule has 0 amide bonds. The van der Waals surface area contributed by atoms with Crippen LogP contribution in [0.5, 0.6) is 0 Å². The van der Waals surface area contributed by atoms with E-state index < -0.39 is 24.2 Å². The molecular weight excluding hydrogens is 477 g/mol. The fourth-order valence-electron chi connectivity index (χ4n) is 3.95. The topological polar surface area (TPSA) is 74.0 Å². The van der Waals surface area contributed by atoms with Crippen LogP contribution in [-0.4, -0.2) is 27.5 Å². The van der Waals surface area contributed by atoms with Crippen LogP contribution in [0.2, 0.25) is 19.6 Å². The van der Waals surface area contributed by atoms with E-state index in [0.29, 0.717) is 17.3 Å². The maximum atomic E-state index is 14.6. The van der Waals surface area contributed by atoms with Gasteiger partial charge in [-0.3, -0.25) is 4.98 Å². The number of pyridine rings is 1. The van der Waals surface area contributed by atoms with Gasteiger partial charge < -0.3 is 9.08 Å². The van der Waals surface area contributed by atoms with Crippen molar-refractivity contribution in [3.63, 3.8) is 0 Å². The first-order valence-electron chi connectivity index (χ1n) is 11.7. The molecule has 0 unspecified atom stereocenters. The van der Waals surface area contributed by atoms with E-state index in [4.69, 9.17) is 9.51 Å². The Morgan fingerprint density at radius 2 is 1.71 bits per heavy atom. The van der Waals surface area contributed by atoms with Crippen molar-refractivity contribution in [2.24, 2.45) is 0 Å². The lowest BCUT2D eigenvalue weighted by atomic mass is 9.94. The number of halogens is 1. The van der Waals surface area contributed by atoms with E-state index in [-0.39, 0.29) is 11.9 Å². The highest BCUT2D eigenvalue weighted by atomic mass is 32.2. The molecule has 184 valence electrons. The highest BCUT2D eigenvalue weighted by Gasteiger charge is 2.32. The molecule has 4 aromatic rings. The third-order valence-corrected chi connectivity index (χ3v) is 9.18. The van der Waals surface area contributed by atoms with Gasteiger partial charge in [0.15, 0.2) is 5.58 Å². The average Bonchev–Trinajstić information content (AvgIpc) is 3.22. The summed E-state index contributed by atoms with van der Waals surface area (Å²) in [5.41, 5.74) is 4.03. The molecule has 2 atom stereocenters. The summed E-state index contributed by atoms with van der Waals surface area (Å²) in [6.45, 7) is 12.0. The van der Waals surface area contributed by atoms with Crippen LogP contribution < -0.4 is 10.0 Å². The fraction of sp³-hybridized carbons (Fsp3) is 0.333. The van der Waals surface area contributed by atoms with Crippen molar-refractivity contribution in [1.82, 2.24) is 14.9 Å². The van der Waals surface area contributed by atoms with Crippen molar-refractivity contribution < 1.29 is 13.5 Å². The van der Waals surface area contributed by atoms with E-state index in [0.717, 1.165) is 27.9 Å². The second-order valence-electron chi connectivity index (χ2n) is 10.8. The van der Waals surface area contributed by atoms with Crippen molar-refractivity contribution in [3.05, 3.63) is 77.7 Å². The van der Waals surface area contributed by atoms with Gasteiger partial charge in [0.25, 0.3) is 0 Å². The Hall–Kier alpha value is -2.52. The number of nitrogens with one attached hydrogen (secondary N) is 1. The molecule has 4 rings (SSSR count). The minimum absolute atomic E-state index is 0.259. The minimum atomic E-state index is -1.98. The predicted molar refractivity (Wildman–Crippen MR) is 144 cm³/mol. The number of hydrogen-bond donors (Lipinski definition) is 1. The van der Waals surface area contributed by atoms with E-state index >= 15 is 0 Å². The number of fused-ring (bicyclic) bond motifs is 1. The second-order valence-corrected chi connectivity index (χ2v) is 17.7. The molecule has 0 aliphatic carbocycles. The monoisotopic (exact) mass is 509 g/mol. The average molecular weight is 510 g/mol. The Balaban J connectivity index is 1.81. The molecule has 8 heteroatoms. The van der Waals surface area contributed by atoms with Gasteiger partial charge in [-0.15, -0.1) is 4.72 Å². The third kappa shape index (κ3) is 5.67. The zero-order valence-electron chi connectivity index (χ0n) is 21.1. The summed E-state index contributed by atoms with van der Waals surface area (Å²) in [7, 11) is -1.98. The normalized spacial score (nSPS) is 14.3. The van der Waals surface area contributed by atoms with Gasteiger partial charge in [-0.2, -0.15) is 0 Å². The largest absolute Gasteiger partial charge is 0.598 e. The standard InChI is InChI=1S/C27H32FN3O2SSi/c1-27(2,3)34(32)31-23(17-18-15-16-22(28)26(29-18)35(4,5)6)19-11-7-8-12-20(19)25-21-13-9-10-14-24(21)33-30-25/h7-16,23,31H,17H2,1-6H3/t23-,34-/m0/s1. The van der Waals surface area contributed by atoms with Gasteiger partial charge in [0, 0.05) is 34.4 Å². The Kier molecular flexibility index (Phi) is 7.20. The summed E-state index contributed by atoms with van der Waals surface area (Å²) in [6, 6.07) is 18.6. The molecule has 0 saturated carbocycles. The minimum Gasteiger partial charge on any atom is -0.598 e. The molecular formula is C27H32FN3O2SSi. The van der Waals surface area contributed by atoms with E-state index in [1.165, 1.54) is 6.07 Å². The molecule has 2 aromatic carbocycles. The number of aromatic nitrogens is 2. The zero-order valence-corrected chi connectivity index (χ0v) is 22.9. The van der Waals surface area contributed by atoms with Crippen LogP contribution in [0.1, 0.15) is 38.1 Å². The van der Waals surface area contributed by atoms with Crippen molar-refractivity contribution in [2.75, 3.05) is 0 Å². The van der Waals surface area contributed by atoms with Crippen LogP contribution in [0.3, 0.4) is 0 Å². The summed E-state index contributed by atoms with van der Waals surface area (Å²) >= 11 is -1.34. The molecule has 2 aromatic heterocycles. The molecule has 0 aliphatic heterocycles. The van der Waals surface area contributed by atoms with Crippen molar-refractivity contribution in [2.45, 2.75) is 57.6 Å². The summed E-state index contributed by atoms with van der Waals surface area (Å²) in [4.78, 5) is 4.73. The van der Waals surface area contributed by atoms with E-state index in [1.807, 2.05) is 69.3 Å². The second kappa shape index (κ2) is 9.85.